The maximum absolute atomic E-state index is 9.88. The van der Waals surface area contributed by atoms with Gasteiger partial charge in [0.2, 0.25) is 0 Å². The molecule has 1 aliphatic rings. The second kappa shape index (κ2) is 5.26. The Kier molecular flexibility index (Phi) is 3.72. The summed E-state index contributed by atoms with van der Waals surface area (Å²) in [6, 6.07) is 10.1. The molecular formula is C12H17NO2. The monoisotopic (exact) mass is 207 g/mol. The smallest absolute Gasteiger partial charge is 0.0914 e. The second-order valence-electron chi connectivity index (χ2n) is 3.90. The zero-order valence-corrected chi connectivity index (χ0v) is 8.73. The largest absolute Gasteiger partial charge is 0.387 e. The van der Waals surface area contributed by atoms with Crippen molar-refractivity contribution in [2.45, 2.75) is 18.6 Å². The fourth-order valence-electron chi connectivity index (χ4n) is 1.77. The van der Waals surface area contributed by atoms with Crippen LogP contribution in [0.2, 0.25) is 0 Å². The van der Waals surface area contributed by atoms with Crippen molar-refractivity contribution in [3.8, 4) is 0 Å². The van der Waals surface area contributed by atoms with E-state index in [-0.39, 0.29) is 0 Å². The Morgan fingerprint density at radius 3 is 2.87 bits per heavy atom. The van der Waals surface area contributed by atoms with Crippen molar-refractivity contribution >= 4 is 0 Å². The predicted octanol–water partition coefficient (Wildman–Crippen LogP) is 1.10. The third-order valence-corrected chi connectivity index (χ3v) is 2.71. The van der Waals surface area contributed by atoms with Gasteiger partial charge in [-0.2, -0.15) is 0 Å². The minimum absolute atomic E-state index is 0.406. The van der Waals surface area contributed by atoms with Crippen LogP contribution in [0.5, 0.6) is 0 Å². The van der Waals surface area contributed by atoms with Gasteiger partial charge in [0.05, 0.1) is 12.7 Å². The summed E-state index contributed by atoms with van der Waals surface area (Å²) in [4.78, 5) is 0. The number of benzene rings is 1. The number of aliphatic hydroxyl groups excluding tert-OH is 1. The number of hydrogen-bond acceptors (Lipinski definition) is 3. The standard InChI is InChI=1S/C12H17NO2/c14-12(10-4-2-1-3-5-10)8-13-11-6-7-15-9-11/h1-5,11-14H,6-9H2. The Hall–Kier alpha value is -0.900. The molecule has 1 aromatic carbocycles. The molecule has 15 heavy (non-hydrogen) atoms. The first kappa shape index (κ1) is 10.6. The van der Waals surface area contributed by atoms with Gasteiger partial charge in [-0.25, -0.2) is 0 Å². The van der Waals surface area contributed by atoms with E-state index in [0.29, 0.717) is 12.6 Å². The zero-order chi connectivity index (χ0) is 10.5. The molecule has 1 aliphatic heterocycles. The molecule has 1 fully saturated rings. The number of rotatable bonds is 4. The summed E-state index contributed by atoms with van der Waals surface area (Å²) in [5.41, 5.74) is 0.962. The molecule has 2 rings (SSSR count). The number of nitrogens with one attached hydrogen (secondary N) is 1. The van der Waals surface area contributed by atoms with Gasteiger partial charge in [-0.1, -0.05) is 30.3 Å². The number of aliphatic hydroxyl groups is 1. The van der Waals surface area contributed by atoms with Crippen LogP contribution in [0.3, 0.4) is 0 Å². The predicted molar refractivity (Wildman–Crippen MR) is 58.6 cm³/mol. The van der Waals surface area contributed by atoms with Crippen LogP contribution < -0.4 is 5.32 Å². The Bertz CT molecular complexity index is 283. The minimum atomic E-state index is -0.424. The van der Waals surface area contributed by atoms with E-state index in [1.807, 2.05) is 30.3 Å². The summed E-state index contributed by atoms with van der Waals surface area (Å²) in [6.07, 6.45) is 0.619. The van der Waals surface area contributed by atoms with Gasteiger partial charge in [0, 0.05) is 19.2 Å². The minimum Gasteiger partial charge on any atom is -0.387 e. The summed E-state index contributed by atoms with van der Waals surface area (Å²) in [7, 11) is 0. The van der Waals surface area contributed by atoms with Crippen LogP contribution in [0.4, 0.5) is 0 Å². The SMILES string of the molecule is OC(CNC1CCOC1)c1ccccc1. The van der Waals surface area contributed by atoms with Crippen molar-refractivity contribution in [1.82, 2.24) is 5.32 Å². The molecule has 0 amide bonds. The first-order chi connectivity index (χ1) is 7.36. The average Bonchev–Trinajstić information content (AvgIpc) is 2.80. The lowest BCUT2D eigenvalue weighted by atomic mass is 10.1. The van der Waals surface area contributed by atoms with Crippen LogP contribution >= 0.6 is 0 Å². The molecule has 0 aliphatic carbocycles. The first-order valence-electron chi connectivity index (χ1n) is 5.40. The van der Waals surface area contributed by atoms with E-state index in [4.69, 9.17) is 4.74 Å². The average molecular weight is 207 g/mol. The van der Waals surface area contributed by atoms with Gasteiger partial charge in [0.1, 0.15) is 0 Å². The van der Waals surface area contributed by atoms with Crippen LogP contribution in [0.1, 0.15) is 18.1 Å². The van der Waals surface area contributed by atoms with E-state index in [1.165, 1.54) is 0 Å². The van der Waals surface area contributed by atoms with Gasteiger partial charge in [-0.05, 0) is 12.0 Å². The molecule has 1 saturated heterocycles. The Morgan fingerprint density at radius 2 is 2.20 bits per heavy atom. The lowest BCUT2D eigenvalue weighted by Gasteiger charge is -2.15. The normalized spacial score (nSPS) is 22.9. The Morgan fingerprint density at radius 1 is 1.40 bits per heavy atom. The molecule has 82 valence electrons. The summed E-state index contributed by atoms with van der Waals surface area (Å²) in [5, 5.41) is 13.2. The summed E-state index contributed by atoms with van der Waals surface area (Å²) >= 11 is 0. The molecule has 0 radical (unpaired) electrons. The Labute approximate surface area is 90.1 Å². The number of hydrogen-bond donors (Lipinski definition) is 2. The molecule has 2 atom stereocenters. The topological polar surface area (TPSA) is 41.5 Å². The van der Waals surface area contributed by atoms with E-state index in [2.05, 4.69) is 5.32 Å². The van der Waals surface area contributed by atoms with E-state index in [9.17, 15) is 5.11 Å². The van der Waals surface area contributed by atoms with Crippen LogP contribution in [0, 0.1) is 0 Å². The molecule has 2 N–H and O–H groups in total. The van der Waals surface area contributed by atoms with Gasteiger partial charge in [0.25, 0.3) is 0 Å². The highest BCUT2D eigenvalue weighted by Gasteiger charge is 2.16. The van der Waals surface area contributed by atoms with Gasteiger partial charge in [0.15, 0.2) is 0 Å². The fraction of sp³-hybridized carbons (Fsp3) is 0.500. The van der Waals surface area contributed by atoms with Crippen molar-refractivity contribution in [2.24, 2.45) is 0 Å². The van der Waals surface area contributed by atoms with Crippen molar-refractivity contribution in [3.63, 3.8) is 0 Å². The fourth-order valence-corrected chi connectivity index (χ4v) is 1.77. The van der Waals surface area contributed by atoms with Gasteiger partial charge >= 0.3 is 0 Å². The molecular weight excluding hydrogens is 190 g/mol. The molecule has 0 aromatic heterocycles. The second-order valence-corrected chi connectivity index (χ2v) is 3.90. The molecule has 3 nitrogen and oxygen atoms in total. The first-order valence-corrected chi connectivity index (χ1v) is 5.40. The van der Waals surface area contributed by atoms with E-state index >= 15 is 0 Å². The highest BCUT2D eigenvalue weighted by atomic mass is 16.5. The van der Waals surface area contributed by atoms with Gasteiger partial charge < -0.3 is 15.2 Å². The molecule has 0 bridgehead atoms. The molecule has 1 aromatic rings. The van der Waals surface area contributed by atoms with Crippen LogP contribution in [0.15, 0.2) is 30.3 Å². The molecule has 2 unspecified atom stereocenters. The summed E-state index contributed by atoms with van der Waals surface area (Å²) in [6.45, 7) is 2.19. The molecule has 0 spiro atoms. The van der Waals surface area contributed by atoms with E-state index < -0.39 is 6.10 Å². The highest BCUT2D eigenvalue weighted by Crippen LogP contribution is 2.12. The molecule has 0 saturated carbocycles. The van der Waals surface area contributed by atoms with Crippen molar-refractivity contribution < 1.29 is 9.84 Å². The maximum atomic E-state index is 9.88. The number of ether oxygens (including phenoxy) is 1. The molecule has 3 heteroatoms. The Balaban J connectivity index is 1.79. The lowest BCUT2D eigenvalue weighted by Crippen LogP contribution is -2.32. The van der Waals surface area contributed by atoms with Gasteiger partial charge in [-0.3, -0.25) is 0 Å². The van der Waals surface area contributed by atoms with E-state index in [0.717, 1.165) is 25.2 Å². The third kappa shape index (κ3) is 3.02. The van der Waals surface area contributed by atoms with Crippen molar-refractivity contribution in [1.29, 1.82) is 0 Å². The van der Waals surface area contributed by atoms with E-state index in [1.54, 1.807) is 0 Å². The van der Waals surface area contributed by atoms with Gasteiger partial charge in [-0.15, -0.1) is 0 Å². The highest BCUT2D eigenvalue weighted by molar-refractivity contribution is 5.17. The van der Waals surface area contributed by atoms with Crippen LogP contribution in [-0.4, -0.2) is 30.9 Å². The summed E-state index contributed by atoms with van der Waals surface area (Å²) in [5.74, 6) is 0. The maximum Gasteiger partial charge on any atom is 0.0914 e. The van der Waals surface area contributed by atoms with Crippen LogP contribution in [-0.2, 0) is 4.74 Å². The summed E-state index contributed by atoms with van der Waals surface area (Å²) < 4.78 is 5.25. The quantitative estimate of drug-likeness (QED) is 0.776. The molecule has 1 heterocycles. The van der Waals surface area contributed by atoms with Crippen molar-refractivity contribution in [3.05, 3.63) is 35.9 Å². The van der Waals surface area contributed by atoms with Crippen molar-refractivity contribution in [2.75, 3.05) is 19.8 Å². The van der Waals surface area contributed by atoms with Crippen LogP contribution in [0.25, 0.3) is 0 Å². The zero-order valence-electron chi connectivity index (χ0n) is 8.73. The third-order valence-electron chi connectivity index (χ3n) is 2.71. The lowest BCUT2D eigenvalue weighted by molar-refractivity contribution is 0.161.